The highest BCUT2D eigenvalue weighted by Crippen LogP contribution is 2.19. The summed E-state index contributed by atoms with van der Waals surface area (Å²) in [4.78, 5) is 2.28. The van der Waals surface area contributed by atoms with Crippen molar-refractivity contribution in [3.8, 4) is 6.07 Å². The van der Waals surface area contributed by atoms with E-state index < -0.39 is 0 Å². The van der Waals surface area contributed by atoms with Gasteiger partial charge in [0.2, 0.25) is 0 Å². The van der Waals surface area contributed by atoms with Crippen LogP contribution in [0.5, 0.6) is 0 Å². The fourth-order valence-corrected chi connectivity index (χ4v) is 1.72. The quantitative estimate of drug-likeness (QED) is 0.630. The van der Waals surface area contributed by atoms with Gasteiger partial charge in [0.15, 0.2) is 0 Å². The van der Waals surface area contributed by atoms with Crippen molar-refractivity contribution in [2.24, 2.45) is 0 Å². The summed E-state index contributed by atoms with van der Waals surface area (Å²) in [5, 5.41) is 12.8. The molecule has 0 aromatic carbocycles. The van der Waals surface area contributed by atoms with Crippen LogP contribution in [0.3, 0.4) is 0 Å². The van der Waals surface area contributed by atoms with E-state index in [-0.39, 0.29) is 0 Å². The smallest absolute Gasteiger partial charge is 0.102 e. The third kappa shape index (κ3) is 1.56. The van der Waals surface area contributed by atoms with Crippen LogP contribution >= 0.6 is 0 Å². The van der Waals surface area contributed by atoms with Gasteiger partial charge in [0.05, 0.1) is 17.8 Å². The van der Waals surface area contributed by atoms with Crippen molar-refractivity contribution in [2.45, 2.75) is 12.5 Å². The van der Waals surface area contributed by atoms with Crippen molar-refractivity contribution in [2.75, 3.05) is 20.1 Å². The molecule has 1 aromatic heterocycles. The number of aromatic nitrogens is 2. The average molecular weight is 176 g/mol. The SMILES string of the molecule is CN1CCC(n2cc(C#N)cn2)C1. The monoisotopic (exact) mass is 176 g/mol. The van der Waals surface area contributed by atoms with E-state index in [0.29, 0.717) is 11.6 Å². The normalized spacial score (nSPS) is 23.2. The lowest BCUT2D eigenvalue weighted by Crippen LogP contribution is -2.16. The zero-order chi connectivity index (χ0) is 9.26. The van der Waals surface area contributed by atoms with Gasteiger partial charge in [0.1, 0.15) is 6.07 Å². The topological polar surface area (TPSA) is 44.9 Å². The number of hydrogen-bond donors (Lipinski definition) is 0. The Kier molecular flexibility index (Phi) is 2.03. The van der Waals surface area contributed by atoms with Crippen LogP contribution in [0.4, 0.5) is 0 Å². The molecule has 2 heterocycles. The van der Waals surface area contributed by atoms with Gasteiger partial charge < -0.3 is 4.90 Å². The molecule has 13 heavy (non-hydrogen) atoms. The van der Waals surface area contributed by atoms with Gasteiger partial charge in [-0.15, -0.1) is 0 Å². The largest absolute Gasteiger partial charge is 0.304 e. The third-order valence-electron chi connectivity index (χ3n) is 2.47. The Morgan fingerprint density at radius 3 is 3.08 bits per heavy atom. The Bertz CT molecular complexity index is 336. The highest BCUT2D eigenvalue weighted by Gasteiger charge is 2.21. The molecule has 0 saturated carbocycles. The van der Waals surface area contributed by atoms with Gasteiger partial charge in [-0.2, -0.15) is 10.4 Å². The summed E-state index contributed by atoms with van der Waals surface area (Å²) in [5.74, 6) is 0. The van der Waals surface area contributed by atoms with Crippen LogP contribution in [0.2, 0.25) is 0 Å². The summed E-state index contributed by atoms with van der Waals surface area (Å²) in [5.41, 5.74) is 0.648. The molecular formula is C9H12N4. The molecule has 2 rings (SSSR count). The van der Waals surface area contributed by atoms with Gasteiger partial charge in [0, 0.05) is 12.7 Å². The Balaban J connectivity index is 2.13. The molecule has 0 bridgehead atoms. The minimum absolute atomic E-state index is 0.451. The minimum Gasteiger partial charge on any atom is -0.304 e. The first-order chi connectivity index (χ1) is 6.29. The van der Waals surface area contributed by atoms with E-state index in [0.717, 1.165) is 19.5 Å². The fraction of sp³-hybridized carbons (Fsp3) is 0.556. The number of rotatable bonds is 1. The molecule has 0 N–H and O–H groups in total. The van der Waals surface area contributed by atoms with Gasteiger partial charge in [-0.1, -0.05) is 0 Å². The molecule has 0 radical (unpaired) electrons. The number of nitrogens with zero attached hydrogens (tertiary/aromatic N) is 4. The first-order valence-electron chi connectivity index (χ1n) is 4.42. The van der Waals surface area contributed by atoms with Gasteiger partial charge in [-0.05, 0) is 20.0 Å². The van der Waals surface area contributed by atoms with E-state index in [1.807, 2.05) is 10.9 Å². The van der Waals surface area contributed by atoms with Crippen molar-refractivity contribution in [1.29, 1.82) is 5.26 Å². The van der Waals surface area contributed by atoms with Crippen LogP contribution in [0, 0.1) is 11.3 Å². The third-order valence-corrected chi connectivity index (χ3v) is 2.47. The Morgan fingerprint density at radius 1 is 1.69 bits per heavy atom. The second-order valence-corrected chi connectivity index (χ2v) is 3.53. The van der Waals surface area contributed by atoms with Crippen LogP contribution in [0.15, 0.2) is 12.4 Å². The maximum atomic E-state index is 8.63. The summed E-state index contributed by atoms with van der Waals surface area (Å²) < 4.78 is 1.90. The molecule has 4 nitrogen and oxygen atoms in total. The summed E-state index contributed by atoms with van der Waals surface area (Å²) in [6.07, 6.45) is 4.57. The Hall–Kier alpha value is -1.34. The van der Waals surface area contributed by atoms with Crippen molar-refractivity contribution < 1.29 is 0 Å². The van der Waals surface area contributed by atoms with Crippen LogP contribution < -0.4 is 0 Å². The van der Waals surface area contributed by atoms with Gasteiger partial charge >= 0.3 is 0 Å². The van der Waals surface area contributed by atoms with Gasteiger partial charge in [-0.3, -0.25) is 4.68 Å². The molecule has 1 aliphatic heterocycles. The van der Waals surface area contributed by atoms with Crippen molar-refractivity contribution in [3.05, 3.63) is 18.0 Å². The molecule has 1 atom stereocenters. The first-order valence-corrected chi connectivity index (χ1v) is 4.42. The van der Waals surface area contributed by atoms with Crippen LogP contribution in [0.25, 0.3) is 0 Å². The molecule has 0 spiro atoms. The second kappa shape index (κ2) is 3.19. The number of likely N-dealkylation sites (tertiary alicyclic amines) is 1. The summed E-state index contributed by atoms with van der Waals surface area (Å²) in [6, 6.07) is 2.54. The van der Waals surface area contributed by atoms with E-state index in [1.54, 1.807) is 6.20 Å². The molecule has 0 aliphatic carbocycles. The molecule has 1 fully saturated rings. The molecule has 4 heteroatoms. The molecule has 1 aliphatic rings. The number of likely N-dealkylation sites (N-methyl/N-ethyl adjacent to an activating group) is 1. The lowest BCUT2D eigenvalue weighted by atomic mass is 10.3. The van der Waals surface area contributed by atoms with Gasteiger partial charge in [0.25, 0.3) is 0 Å². The van der Waals surface area contributed by atoms with Crippen molar-refractivity contribution >= 4 is 0 Å². The minimum atomic E-state index is 0.451. The highest BCUT2D eigenvalue weighted by atomic mass is 15.3. The second-order valence-electron chi connectivity index (χ2n) is 3.53. The predicted octanol–water partition coefficient (Wildman–Crippen LogP) is 0.631. The molecule has 1 aromatic rings. The zero-order valence-electron chi connectivity index (χ0n) is 7.64. The summed E-state index contributed by atoms with van der Waals surface area (Å²) >= 11 is 0. The summed E-state index contributed by atoms with van der Waals surface area (Å²) in [7, 11) is 2.11. The highest BCUT2D eigenvalue weighted by molar-refractivity contribution is 5.21. The van der Waals surface area contributed by atoms with E-state index in [2.05, 4.69) is 23.1 Å². The Labute approximate surface area is 77.4 Å². The number of nitriles is 1. The molecule has 1 saturated heterocycles. The zero-order valence-corrected chi connectivity index (χ0v) is 7.64. The standard InChI is InChI=1S/C9H12N4/c1-12-3-2-9(7-12)13-6-8(4-10)5-11-13/h5-6,9H,2-3,7H2,1H3. The van der Waals surface area contributed by atoms with Crippen LogP contribution in [-0.2, 0) is 0 Å². The van der Waals surface area contributed by atoms with Crippen molar-refractivity contribution in [3.63, 3.8) is 0 Å². The van der Waals surface area contributed by atoms with Gasteiger partial charge in [-0.25, -0.2) is 0 Å². The molecule has 68 valence electrons. The maximum Gasteiger partial charge on any atom is 0.102 e. The Morgan fingerprint density at radius 2 is 2.54 bits per heavy atom. The van der Waals surface area contributed by atoms with E-state index in [1.165, 1.54) is 0 Å². The molecule has 0 amide bonds. The van der Waals surface area contributed by atoms with E-state index in [4.69, 9.17) is 5.26 Å². The van der Waals surface area contributed by atoms with Crippen LogP contribution in [0.1, 0.15) is 18.0 Å². The van der Waals surface area contributed by atoms with Crippen molar-refractivity contribution in [1.82, 2.24) is 14.7 Å². The maximum absolute atomic E-state index is 8.63. The predicted molar refractivity (Wildman–Crippen MR) is 48.1 cm³/mol. The molecule has 1 unspecified atom stereocenters. The average Bonchev–Trinajstić information content (AvgIpc) is 2.71. The van der Waals surface area contributed by atoms with E-state index >= 15 is 0 Å². The lowest BCUT2D eigenvalue weighted by Gasteiger charge is -2.09. The first kappa shape index (κ1) is 8.27. The fourth-order valence-electron chi connectivity index (χ4n) is 1.72. The number of hydrogen-bond acceptors (Lipinski definition) is 3. The molecular weight excluding hydrogens is 164 g/mol. The summed E-state index contributed by atoms with van der Waals surface area (Å²) in [6.45, 7) is 2.15. The van der Waals surface area contributed by atoms with E-state index in [9.17, 15) is 0 Å². The van der Waals surface area contributed by atoms with Crippen LogP contribution in [-0.4, -0.2) is 34.8 Å². The lowest BCUT2D eigenvalue weighted by molar-refractivity contribution is 0.382.